The lowest BCUT2D eigenvalue weighted by Crippen LogP contribution is -2.50. The van der Waals surface area contributed by atoms with E-state index in [2.05, 4.69) is 10.6 Å². The average molecular weight is 333 g/mol. The lowest BCUT2D eigenvalue weighted by molar-refractivity contribution is -0.123. The Labute approximate surface area is 141 Å². The first-order valence-electron chi connectivity index (χ1n) is 7.87. The maximum Gasteiger partial charge on any atom is 0.407 e. The van der Waals surface area contributed by atoms with E-state index in [0.29, 0.717) is 0 Å². The Morgan fingerprint density at radius 2 is 1.96 bits per heavy atom. The molecule has 7 heteroatoms. The summed E-state index contributed by atoms with van der Waals surface area (Å²) in [5.74, 6) is -0.352. The normalized spacial score (nSPS) is 12.5. The van der Waals surface area contributed by atoms with Gasteiger partial charge in [0.25, 0.3) is 0 Å². The first-order chi connectivity index (χ1) is 11.5. The van der Waals surface area contributed by atoms with Gasteiger partial charge in [0.15, 0.2) is 0 Å². The molecular weight excluding hydrogens is 310 g/mol. The fourth-order valence-corrected chi connectivity index (χ4v) is 1.92. The summed E-state index contributed by atoms with van der Waals surface area (Å²) < 4.78 is 5.02. The van der Waals surface area contributed by atoms with Crippen molar-refractivity contribution < 1.29 is 19.4 Å². The van der Waals surface area contributed by atoms with Gasteiger partial charge >= 0.3 is 6.09 Å². The maximum atomic E-state index is 12.3. The molecule has 24 heavy (non-hydrogen) atoms. The van der Waals surface area contributed by atoms with Crippen LogP contribution in [0.15, 0.2) is 24.3 Å². The Hall–Kier alpha value is -2.75. The van der Waals surface area contributed by atoms with E-state index in [4.69, 9.17) is 10.00 Å². The van der Waals surface area contributed by atoms with Crippen LogP contribution in [0.3, 0.4) is 0 Å². The second kappa shape index (κ2) is 10.1. The zero-order valence-corrected chi connectivity index (χ0v) is 13.9. The number of rotatable bonds is 8. The van der Waals surface area contributed by atoms with Gasteiger partial charge in [-0.2, -0.15) is 5.26 Å². The molecule has 0 saturated heterocycles. The highest BCUT2D eigenvalue weighted by atomic mass is 16.5. The van der Waals surface area contributed by atoms with E-state index in [9.17, 15) is 14.7 Å². The molecule has 130 valence electrons. The van der Waals surface area contributed by atoms with E-state index in [1.807, 2.05) is 13.0 Å². The molecule has 0 aromatic heterocycles. The molecule has 1 rings (SSSR count). The van der Waals surface area contributed by atoms with E-state index in [-0.39, 0.29) is 18.8 Å². The van der Waals surface area contributed by atoms with Gasteiger partial charge in [0.1, 0.15) is 17.8 Å². The fourth-order valence-electron chi connectivity index (χ4n) is 1.92. The van der Waals surface area contributed by atoms with Crippen LogP contribution in [-0.4, -0.2) is 35.8 Å². The van der Waals surface area contributed by atoms with Crippen molar-refractivity contribution in [3.63, 3.8) is 0 Å². The number of alkyl carbamates (subject to hydrolysis) is 1. The predicted molar refractivity (Wildman–Crippen MR) is 88.2 cm³/mol. The molecule has 0 aliphatic carbocycles. The standard InChI is InChI=1S/C17H23N3O4/c1-3-4-9-24-17(23)20-15(16(22)19-12(2)11-18)10-13-5-7-14(21)8-6-13/h5-8,12,15,21H,3-4,9-10H2,1-2H3,(H,19,22)(H,20,23). The second-order valence-corrected chi connectivity index (χ2v) is 5.42. The number of ether oxygens (including phenoxy) is 1. The van der Waals surface area contributed by atoms with Gasteiger partial charge in [0.05, 0.1) is 12.7 Å². The molecule has 0 bridgehead atoms. The van der Waals surface area contributed by atoms with Gasteiger partial charge in [-0.3, -0.25) is 4.79 Å². The zero-order chi connectivity index (χ0) is 17.9. The van der Waals surface area contributed by atoms with Gasteiger partial charge in [-0.1, -0.05) is 25.5 Å². The topological polar surface area (TPSA) is 111 Å². The molecule has 0 saturated carbocycles. The number of amides is 2. The number of phenolic OH excluding ortho intramolecular Hbond substituents is 1. The summed E-state index contributed by atoms with van der Waals surface area (Å²) in [6.07, 6.45) is 1.18. The van der Waals surface area contributed by atoms with Crippen LogP contribution >= 0.6 is 0 Å². The number of nitrogens with zero attached hydrogens (tertiary/aromatic N) is 1. The number of aromatic hydroxyl groups is 1. The number of carbonyl (C=O) groups is 2. The van der Waals surface area contributed by atoms with Crippen LogP contribution in [0, 0.1) is 11.3 Å². The Bertz CT molecular complexity index is 580. The van der Waals surface area contributed by atoms with E-state index >= 15 is 0 Å². The summed E-state index contributed by atoms with van der Waals surface area (Å²) in [7, 11) is 0. The molecule has 2 unspecified atom stereocenters. The van der Waals surface area contributed by atoms with Crippen molar-refractivity contribution in [1.82, 2.24) is 10.6 Å². The number of unbranched alkanes of at least 4 members (excludes halogenated alkanes) is 1. The minimum absolute atomic E-state index is 0.116. The number of hydrogen-bond donors (Lipinski definition) is 3. The molecule has 0 spiro atoms. The van der Waals surface area contributed by atoms with Crippen molar-refractivity contribution in [3.05, 3.63) is 29.8 Å². The Morgan fingerprint density at radius 1 is 1.29 bits per heavy atom. The predicted octanol–water partition coefficient (Wildman–Crippen LogP) is 1.86. The third kappa shape index (κ3) is 7.01. The van der Waals surface area contributed by atoms with E-state index in [1.165, 1.54) is 12.1 Å². The highest BCUT2D eigenvalue weighted by Gasteiger charge is 2.23. The molecule has 1 aromatic rings. The molecule has 0 aliphatic heterocycles. The number of benzene rings is 1. The Kier molecular flexibility index (Phi) is 8.13. The number of nitrogens with one attached hydrogen (secondary N) is 2. The van der Waals surface area contributed by atoms with Crippen molar-refractivity contribution in [2.45, 2.75) is 45.2 Å². The summed E-state index contributed by atoms with van der Waals surface area (Å²) in [5.41, 5.74) is 0.756. The van der Waals surface area contributed by atoms with Crippen LogP contribution in [0.2, 0.25) is 0 Å². The van der Waals surface area contributed by atoms with Gasteiger partial charge in [0.2, 0.25) is 5.91 Å². The van der Waals surface area contributed by atoms with E-state index in [1.54, 1.807) is 19.1 Å². The first kappa shape index (κ1) is 19.3. The van der Waals surface area contributed by atoms with E-state index in [0.717, 1.165) is 18.4 Å². The number of carbonyl (C=O) groups excluding carboxylic acids is 2. The monoisotopic (exact) mass is 333 g/mol. The highest BCUT2D eigenvalue weighted by molar-refractivity contribution is 5.86. The van der Waals surface area contributed by atoms with Crippen LogP contribution in [0.1, 0.15) is 32.3 Å². The first-order valence-corrected chi connectivity index (χ1v) is 7.87. The van der Waals surface area contributed by atoms with Gasteiger partial charge in [-0.15, -0.1) is 0 Å². The molecule has 1 aromatic carbocycles. The van der Waals surface area contributed by atoms with Crippen LogP contribution in [0.5, 0.6) is 5.75 Å². The van der Waals surface area contributed by atoms with Crippen molar-refractivity contribution in [3.8, 4) is 11.8 Å². The maximum absolute atomic E-state index is 12.3. The molecule has 0 fully saturated rings. The Morgan fingerprint density at radius 3 is 2.54 bits per heavy atom. The smallest absolute Gasteiger partial charge is 0.407 e. The van der Waals surface area contributed by atoms with Crippen LogP contribution in [-0.2, 0) is 16.0 Å². The van der Waals surface area contributed by atoms with Crippen LogP contribution < -0.4 is 10.6 Å². The lowest BCUT2D eigenvalue weighted by atomic mass is 10.0. The highest BCUT2D eigenvalue weighted by Crippen LogP contribution is 2.11. The molecule has 2 atom stereocenters. The van der Waals surface area contributed by atoms with Gasteiger partial charge in [-0.25, -0.2) is 4.79 Å². The summed E-state index contributed by atoms with van der Waals surface area (Å²) in [5, 5.41) is 23.2. The summed E-state index contributed by atoms with van der Waals surface area (Å²) in [6, 6.07) is 6.69. The molecule has 3 N–H and O–H groups in total. The summed E-state index contributed by atoms with van der Waals surface area (Å²) in [4.78, 5) is 24.1. The van der Waals surface area contributed by atoms with Crippen LogP contribution in [0.25, 0.3) is 0 Å². The van der Waals surface area contributed by atoms with Crippen molar-refractivity contribution in [1.29, 1.82) is 5.26 Å². The minimum atomic E-state index is -0.875. The molecule has 2 amide bonds. The summed E-state index contributed by atoms with van der Waals surface area (Å²) >= 11 is 0. The number of nitriles is 1. The Balaban J connectivity index is 2.74. The average Bonchev–Trinajstić information content (AvgIpc) is 2.56. The van der Waals surface area contributed by atoms with Crippen molar-refractivity contribution in [2.24, 2.45) is 0 Å². The molecule has 0 radical (unpaired) electrons. The second-order valence-electron chi connectivity index (χ2n) is 5.42. The third-order valence-electron chi connectivity index (χ3n) is 3.27. The van der Waals surface area contributed by atoms with Gasteiger partial charge < -0.3 is 20.5 Å². The van der Waals surface area contributed by atoms with Gasteiger partial charge in [-0.05, 0) is 31.0 Å². The van der Waals surface area contributed by atoms with Crippen LogP contribution in [0.4, 0.5) is 4.79 Å². The van der Waals surface area contributed by atoms with Gasteiger partial charge in [0, 0.05) is 6.42 Å². The quantitative estimate of drug-likeness (QED) is 0.629. The zero-order valence-electron chi connectivity index (χ0n) is 13.9. The molecule has 0 heterocycles. The van der Waals surface area contributed by atoms with Crippen molar-refractivity contribution >= 4 is 12.0 Å². The fraction of sp³-hybridized carbons (Fsp3) is 0.471. The third-order valence-corrected chi connectivity index (χ3v) is 3.27. The number of hydrogen-bond acceptors (Lipinski definition) is 5. The largest absolute Gasteiger partial charge is 0.508 e. The van der Waals surface area contributed by atoms with E-state index < -0.39 is 24.1 Å². The lowest BCUT2D eigenvalue weighted by Gasteiger charge is -2.19. The SMILES string of the molecule is CCCCOC(=O)NC(Cc1ccc(O)cc1)C(=O)NC(C)C#N. The summed E-state index contributed by atoms with van der Waals surface area (Å²) in [6.45, 7) is 3.81. The number of phenols is 1. The molecule has 0 aliphatic rings. The molecular formula is C17H23N3O4. The van der Waals surface area contributed by atoms with Crippen molar-refractivity contribution in [2.75, 3.05) is 6.61 Å². The molecule has 7 nitrogen and oxygen atoms in total. The minimum Gasteiger partial charge on any atom is -0.508 e.